The number of carbonyl (C=O) groups is 1. The highest BCUT2D eigenvalue weighted by atomic mass is 32.2. The third-order valence-corrected chi connectivity index (χ3v) is 6.73. The lowest BCUT2D eigenvalue weighted by Gasteiger charge is -2.10. The molecule has 3 rings (SSSR count). The molecule has 25 heavy (non-hydrogen) atoms. The van der Waals surface area contributed by atoms with Crippen LogP contribution in [0.2, 0.25) is 0 Å². The van der Waals surface area contributed by atoms with Gasteiger partial charge in [-0.2, -0.15) is 0 Å². The van der Waals surface area contributed by atoms with Crippen LogP contribution in [0, 0.1) is 12.7 Å². The summed E-state index contributed by atoms with van der Waals surface area (Å²) in [6.45, 7) is 4.47. The summed E-state index contributed by atoms with van der Waals surface area (Å²) in [5.41, 5.74) is 0.880. The standard InChI is InChI=1S/C17H20FN3OS3/c1-12-15(10-17(23-12)25-21-8-2-3-9-21)20-16(22)11-19-24-14-6-4-13(18)5-7-14/h4-7,10,19H,2-3,8-9,11H2,1H3,(H,20,22). The van der Waals surface area contributed by atoms with Gasteiger partial charge < -0.3 is 5.32 Å². The maximum Gasteiger partial charge on any atom is 0.239 e. The van der Waals surface area contributed by atoms with Crippen LogP contribution in [0.4, 0.5) is 10.1 Å². The van der Waals surface area contributed by atoms with Crippen molar-refractivity contribution in [1.29, 1.82) is 0 Å². The summed E-state index contributed by atoms with van der Waals surface area (Å²) in [6.07, 6.45) is 2.52. The van der Waals surface area contributed by atoms with E-state index in [4.69, 9.17) is 0 Å². The van der Waals surface area contributed by atoms with Gasteiger partial charge in [0.2, 0.25) is 5.91 Å². The molecule has 8 heteroatoms. The number of hydrogen-bond donors (Lipinski definition) is 2. The number of hydrogen-bond acceptors (Lipinski definition) is 6. The summed E-state index contributed by atoms with van der Waals surface area (Å²) in [4.78, 5) is 14.1. The molecule has 1 fully saturated rings. The number of amides is 1. The van der Waals surface area contributed by atoms with E-state index in [1.54, 1.807) is 35.4 Å². The van der Waals surface area contributed by atoms with Gasteiger partial charge in [0, 0.05) is 22.9 Å². The monoisotopic (exact) mass is 397 g/mol. The normalized spacial score (nSPS) is 14.8. The lowest BCUT2D eigenvalue weighted by molar-refractivity contribution is -0.115. The fraction of sp³-hybridized carbons (Fsp3) is 0.353. The predicted molar refractivity (Wildman–Crippen MR) is 105 cm³/mol. The number of benzene rings is 1. The summed E-state index contributed by atoms with van der Waals surface area (Å²) in [5.74, 6) is -0.356. The van der Waals surface area contributed by atoms with Crippen LogP contribution >= 0.6 is 35.2 Å². The van der Waals surface area contributed by atoms with E-state index in [2.05, 4.69) is 14.3 Å². The summed E-state index contributed by atoms with van der Waals surface area (Å²) in [6, 6.07) is 8.20. The van der Waals surface area contributed by atoms with Gasteiger partial charge in [-0.1, -0.05) is 0 Å². The second-order valence-electron chi connectivity index (χ2n) is 5.69. The molecule has 0 radical (unpaired) electrons. The van der Waals surface area contributed by atoms with Crippen molar-refractivity contribution >= 4 is 46.8 Å². The van der Waals surface area contributed by atoms with E-state index in [0.29, 0.717) is 0 Å². The highest BCUT2D eigenvalue weighted by Crippen LogP contribution is 2.36. The van der Waals surface area contributed by atoms with Crippen molar-refractivity contribution in [3.8, 4) is 0 Å². The molecule has 1 saturated heterocycles. The van der Waals surface area contributed by atoms with Crippen molar-refractivity contribution < 1.29 is 9.18 Å². The molecule has 2 N–H and O–H groups in total. The molecule has 1 aromatic carbocycles. The Labute approximate surface area is 159 Å². The molecule has 0 unspecified atom stereocenters. The molecule has 1 aliphatic rings. The molecule has 4 nitrogen and oxygen atoms in total. The molecule has 1 aliphatic heterocycles. The van der Waals surface area contributed by atoms with Gasteiger partial charge in [-0.3, -0.25) is 9.52 Å². The zero-order valence-electron chi connectivity index (χ0n) is 13.9. The van der Waals surface area contributed by atoms with Gasteiger partial charge in [-0.05, 0) is 74.0 Å². The number of nitrogens with zero attached hydrogens (tertiary/aromatic N) is 1. The Kier molecular flexibility index (Phi) is 6.77. The van der Waals surface area contributed by atoms with Gasteiger partial charge >= 0.3 is 0 Å². The molecule has 0 aliphatic carbocycles. The Morgan fingerprint density at radius 2 is 2.00 bits per heavy atom. The third kappa shape index (κ3) is 5.72. The van der Waals surface area contributed by atoms with Crippen molar-refractivity contribution in [3.05, 3.63) is 41.0 Å². The third-order valence-electron chi connectivity index (χ3n) is 3.69. The maximum absolute atomic E-state index is 12.8. The van der Waals surface area contributed by atoms with Crippen LogP contribution in [-0.2, 0) is 4.79 Å². The first kappa shape index (κ1) is 18.7. The van der Waals surface area contributed by atoms with E-state index in [-0.39, 0.29) is 18.3 Å². The first-order valence-electron chi connectivity index (χ1n) is 8.08. The van der Waals surface area contributed by atoms with E-state index in [1.807, 2.05) is 13.0 Å². The van der Waals surface area contributed by atoms with Crippen molar-refractivity contribution in [2.45, 2.75) is 28.9 Å². The zero-order chi connectivity index (χ0) is 17.6. The van der Waals surface area contributed by atoms with E-state index in [0.717, 1.165) is 28.5 Å². The fourth-order valence-corrected chi connectivity index (χ4v) is 5.46. The number of nitrogens with one attached hydrogen (secondary N) is 2. The van der Waals surface area contributed by atoms with Crippen LogP contribution in [0.1, 0.15) is 17.7 Å². The Balaban J connectivity index is 1.45. The molecule has 0 atom stereocenters. The molecule has 2 aromatic rings. The average Bonchev–Trinajstić information content (AvgIpc) is 3.20. The van der Waals surface area contributed by atoms with Crippen LogP contribution in [0.25, 0.3) is 0 Å². The van der Waals surface area contributed by atoms with Crippen molar-refractivity contribution in [2.75, 3.05) is 25.0 Å². The lowest BCUT2D eigenvalue weighted by atomic mass is 10.4. The Bertz CT molecular complexity index is 714. The highest BCUT2D eigenvalue weighted by molar-refractivity contribution is 7.99. The van der Waals surface area contributed by atoms with E-state index in [1.165, 1.54) is 41.1 Å². The molecular formula is C17H20FN3OS3. The largest absolute Gasteiger partial charge is 0.324 e. The van der Waals surface area contributed by atoms with E-state index < -0.39 is 0 Å². The van der Waals surface area contributed by atoms with Gasteiger partial charge in [0.25, 0.3) is 0 Å². The molecule has 0 bridgehead atoms. The minimum atomic E-state index is -0.266. The molecule has 134 valence electrons. The topological polar surface area (TPSA) is 44.4 Å². The van der Waals surface area contributed by atoms with Gasteiger partial charge in [0.05, 0.1) is 16.4 Å². The number of anilines is 1. The quantitative estimate of drug-likeness (QED) is 0.672. The van der Waals surface area contributed by atoms with Gasteiger partial charge in [-0.25, -0.2) is 8.70 Å². The van der Waals surface area contributed by atoms with Gasteiger partial charge in [0.1, 0.15) is 5.82 Å². The minimum Gasteiger partial charge on any atom is -0.324 e. The molecule has 2 heterocycles. The maximum atomic E-state index is 12.8. The van der Waals surface area contributed by atoms with Crippen molar-refractivity contribution in [3.63, 3.8) is 0 Å². The van der Waals surface area contributed by atoms with Crippen LogP contribution in [0.15, 0.2) is 39.4 Å². The summed E-state index contributed by atoms with van der Waals surface area (Å²) in [5, 5.41) is 2.95. The predicted octanol–water partition coefficient (Wildman–Crippen LogP) is 4.53. The second kappa shape index (κ2) is 9.05. The van der Waals surface area contributed by atoms with Crippen LogP contribution in [0.5, 0.6) is 0 Å². The summed E-state index contributed by atoms with van der Waals surface area (Å²) < 4.78 is 19.4. The number of aryl methyl sites for hydroxylation is 1. The fourth-order valence-electron chi connectivity index (χ4n) is 2.41. The van der Waals surface area contributed by atoms with Crippen LogP contribution in [0.3, 0.4) is 0 Å². The average molecular weight is 398 g/mol. The Hall–Kier alpha value is -1.06. The first-order valence-corrected chi connectivity index (χ1v) is 10.5. The van der Waals surface area contributed by atoms with Crippen LogP contribution < -0.4 is 10.0 Å². The highest BCUT2D eigenvalue weighted by Gasteiger charge is 2.16. The Morgan fingerprint density at radius 3 is 2.72 bits per heavy atom. The lowest BCUT2D eigenvalue weighted by Crippen LogP contribution is -2.23. The zero-order valence-corrected chi connectivity index (χ0v) is 16.3. The number of carbonyl (C=O) groups excluding carboxylic acids is 1. The van der Waals surface area contributed by atoms with Crippen molar-refractivity contribution in [2.24, 2.45) is 0 Å². The summed E-state index contributed by atoms with van der Waals surface area (Å²) in [7, 11) is 0. The van der Waals surface area contributed by atoms with E-state index >= 15 is 0 Å². The molecular weight excluding hydrogens is 377 g/mol. The number of thiophene rings is 1. The molecule has 1 amide bonds. The van der Waals surface area contributed by atoms with Crippen molar-refractivity contribution in [1.82, 2.24) is 9.03 Å². The Morgan fingerprint density at radius 1 is 1.28 bits per heavy atom. The smallest absolute Gasteiger partial charge is 0.239 e. The molecule has 0 spiro atoms. The number of halogens is 1. The number of rotatable bonds is 7. The van der Waals surface area contributed by atoms with Gasteiger partial charge in [0.15, 0.2) is 0 Å². The molecule has 1 aromatic heterocycles. The first-order chi connectivity index (χ1) is 12.1. The minimum absolute atomic E-state index is 0.0896. The SMILES string of the molecule is Cc1sc(SN2CCCC2)cc1NC(=O)CNSc1ccc(F)cc1. The molecule has 0 saturated carbocycles. The van der Waals surface area contributed by atoms with E-state index in [9.17, 15) is 9.18 Å². The van der Waals surface area contributed by atoms with Gasteiger partial charge in [-0.15, -0.1) is 11.3 Å². The summed E-state index contributed by atoms with van der Waals surface area (Å²) >= 11 is 4.80. The second-order valence-corrected chi connectivity index (χ2v) is 9.31. The van der Waals surface area contributed by atoms with Crippen LogP contribution in [-0.4, -0.2) is 29.8 Å².